The number of carboxylic acids is 1. The molecular formula is C7H6FNO2S. The molecule has 5 heteroatoms. The molecule has 1 aromatic rings. The molecule has 0 aliphatic rings. The number of aromatic nitrogens is 1. The van der Waals surface area contributed by atoms with Crippen molar-refractivity contribution < 1.29 is 14.3 Å². The lowest BCUT2D eigenvalue weighted by Crippen LogP contribution is -1.97. The summed E-state index contributed by atoms with van der Waals surface area (Å²) in [6.45, 7) is 0. The molecule has 0 aliphatic heterocycles. The summed E-state index contributed by atoms with van der Waals surface area (Å²) in [5.41, 5.74) is 0. The number of nitrogens with zero attached hydrogens (tertiary/aromatic N) is 1. The molecule has 1 aromatic heterocycles. The van der Waals surface area contributed by atoms with E-state index in [0.29, 0.717) is 4.90 Å². The van der Waals surface area contributed by atoms with E-state index in [1.54, 1.807) is 0 Å². The average Bonchev–Trinajstić information content (AvgIpc) is 2.03. The average molecular weight is 187 g/mol. The molecule has 0 bridgehead atoms. The predicted molar refractivity (Wildman–Crippen MR) is 42.6 cm³/mol. The molecule has 0 aliphatic carbocycles. The predicted octanol–water partition coefficient (Wildman–Crippen LogP) is 1.40. The number of thioether (sulfide) groups is 1. The van der Waals surface area contributed by atoms with Crippen LogP contribution in [0.25, 0.3) is 0 Å². The Morgan fingerprint density at radius 3 is 2.92 bits per heavy atom. The fourth-order valence-electron chi connectivity index (χ4n) is 0.593. The number of hydrogen-bond donors (Lipinski definition) is 1. The van der Waals surface area contributed by atoms with E-state index in [2.05, 4.69) is 4.98 Å². The van der Waals surface area contributed by atoms with E-state index in [-0.39, 0.29) is 5.75 Å². The molecule has 0 fully saturated rings. The molecule has 1 heterocycles. The van der Waals surface area contributed by atoms with Gasteiger partial charge in [0, 0.05) is 11.1 Å². The Kier molecular flexibility index (Phi) is 3.04. The van der Waals surface area contributed by atoms with Crippen molar-refractivity contribution >= 4 is 17.7 Å². The first-order valence-electron chi connectivity index (χ1n) is 3.14. The van der Waals surface area contributed by atoms with Crippen molar-refractivity contribution in [3.63, 3.8) is 0 Å². The highest BCUT2D eigenvalue weighted by Crippen LogP contribution is 2.15. The van der Waals surface area contributed by atoms with Crippen molar-refractivity contribution in [2.45, 2.75) is 4.90 Å². The van der Waals surface area contributed by atoms with E-state index in [1.165, 1.54) is 18.3 Å². The van der Waals surface area contributed by atoms with Gasteiger partial charge in [0.2, 0.25) is 5.95 Å². The maximum Gasteiger partial charge on any atom is 0.313 e. The van der Waals surface area contributed by atoms with Gasteiger partial charge in [-0.3, -0.25) is 4.79 Å². The Morgan fingerprint density at radius 1 is 1.67 bits per heavy atom. The quantitative estimate of drug-likeness (QED) is 0.574. The monoisotopic (exact) mass is 187 g/mol. The fraction of sp³-hybridized carbons (Fsp3) is 0.143. The van der Waals surface area contributed by atoms with Crippen LogP contribution in [-0.4, -0.2) is 21.8 Å². The summed E-state index contributed by atoms with van der Waals surface area (Å²) in [4.78, 5) is 14.2. The van der Waals surface area contributed by atoms with Gasteiger partial charge in [0.15, 0.2) is 0 Å². The lowest BCUT2D eigenvalue weighted by molar-refractivity contribution is -0.133. The SMILES string of the molecule is O=C(O)CSc1ccc(F)nc1. The zero-order valence-electron chi connectivity index (χ0n) is 6.03. The highest BCUT2D eigenvalue weighted by molar-refractivity contribution is 8.00. The maximum absolute atomic E-state index is 12.2. The molecule has 0 spiro atoms. The minimum atomic E-state index is -0.899. The normalized spacial score (nSPS) is 9.75. The van der Waals surface area contributed by atoms with Crippen LogP contribution >= 0.6 is 11.8 Å². The van der Waals surface area contributed by atoms with Crippen LogP contribution in [0.4, 0.5) is 4.39 Å². The highest BCUT2D eigenvalue weighted by atomic mass is 32.2. The second-order valence-electron chi connectivity index (χ2n) is 2.00. The van der Waals surface area contributed by atoms with Crippen molar-refractivity contribution in [3.8, 4) is 0 Å². The number of carbonyl (C=O) groups is 1. The molecule has 0 saturated carbocycles. The van der Waals surface area contributed by atoms with Gasteiger partial charge in [-0.15, -0.1) is 11.8 Å². The van der Waals surface area contributed by atoms with Crippen LogP contribution in [0.1, 0.15) is 0 Å². The van der Waals surface area contributed by atoms with Crippen LogP contribution in [0.15, 0.2) is 23.2 Å². The summed E-state index contributed by atoms with van der Waals surface area (Å²) in [6.07, 6.45) is 1.31. The first-order valence-corrected chi connectivity index (χ1v) is 4.13. The Bertz CT molecular complexity index is 275. The van der Waals surface area contributed by atoms with Gasteiger partial charge in [-0.2, -0.15) is 4.39 Å². The molecule has 3 nitrogen and oxygen atoms in total. The van der Waals surface area contributed by atoms with Crippen LogP contribution in [-0.2, 0) is 4.79 Å². The third-order valence-electron chi connectivity index (χ3n) is 1.06. The summed E-state index contributed by atoms with van der Waals surface area (Å²) >= 11 is 1.11. The van der Waals surface area contributed by atoms with Gasteiger partial charge in [-0.1, -0.05) is 0 Å². The largest absolute Gasteiger partial charge is 0.481 e. The van der Waals surface area contributed by atoms with Crippen molar-refractivity contribution in [2.75, 3.05) is 5.75 Å². The fourth-order valence-corrected chi connectivity index (χ4v) is 1.17. The Balaban J connectivity index is 2.53. The van der Waals surface area contributed by atoms with Crippen molar-refractivity contribution in [1.29, 1.82) is 0 Å². The lowest BCUT2D eigenvalue weighted by Gasteiger charge is -1.95. The highest BCUT2D eigenvalue weighted by Gasteiger charge is 1.99. The molecular weight excluding hydrogens is 181 g/mol. The second kappa shape index (κ2) is 4.06. The standard InChI is InChI=1S/C7H6FNO2S/c8-6-2-1-5(3-9-6)12-4-7(10)11/h1-3H,4H2,(H,10,11). The van der Waals surface area contributed by atoms with Gasteiger partial charge in [-0.25, -0.2) is 4.98 Å². The summed E-state index contributed by atoms with van der Waals surface area (Å²) in [5, 5.41) is 8.31. The second-order valence-corrected chi connectivity index (χ2v) is 3.05. The number of pyridine rings is 1. The number of aliphatic carboxylic acids is 1. The summed E-state index contributed by atoms with van der Waals surface area (Å²) < 4.78 is 12.2. The molecule has 0 unspecified atom stereocenters. The van der Waals surface area contributed by atoms with Crippen LogP contribution in [0, 0.1) is 5.95 Å². The molecule has 0 aromatic carbocycles. The minimum absolute atomic E-state index is 0.0344. The molecule has 1 N–H and O–H groups in total. The Labute approximate surface area is 72.6 Å². The van der Waals surface area contributed by atoms with Gasteiger partial charge in [0.05, 0.1) is 5.75 Å². The van der Waals surface area contributed by atoms with E-state index < -0.39 is 11.9 Å². The van der Waals surface area contributed by atoms with Gasteiger partial charge in [0.25, 0.3) is 0 Å². The van der Waals surface area contributed by atoms with E-state index in [4.69, 9.17) is 5.11 Å². The van der Waals surface area contributed by atoms with Crippen LogP contribution in [0.2, 0.25) is 0 Å². The van der Waals surface area contributed by atoms with Gasteiger partial charge < -0.3 is 5.11 Å². The smallest absolute Gasteiger partial charge is 0.313 e. The van der Waals surface area contributed by atoms with Crippen LogP contribution in [0.5, 0.6) is 0 Å². The summed E-state index contributed by atoms with van der Waals surface area (Å²) in [7, 11) is 0. The van der Waals surface area contributed by atoms with Crippen molar-refractivity contribution in [3.05, 3.63) is 24.3 Å². The molecule has 0 atom stereocenters. The first kappa shape index (κ1) is 8.99. The molecule has 0 amide bonds. The van der Waals surface area contributed by atoms with Crippen molar-refractivity contribution in [1.82, 2.24) is 4.98 Å². The summed E-state index contributed by atoms with van der Waals surface area (Å²) in [5.74, 6) is -1.49. The lowest BCUT2D eigenvalue weighted by atomic mass is 10.5. The number of carboxylic acid groups (broad SMARTS) is 1. The van der Waals surface area contributed by atoms with E-state index in [9.17, 15) is 9.18 Å². The van der Waals surface area contributed by atoms with Crippen LogP contribution < -0.4 is 0 Å². The molecule has 12 heavy (non-hydrogen) atoms. The molecule has 0 saturated heterocycles. The van der Waals surface area contributed by atoms with Crippen molar-refractivity contribution in [2.24, 2.45) is 0 Å². The van der Waals surface area contributed by atoms with Gasteiger partial charge in [0.1, 0.15) is 0 Å². The Morgan fingerprint density at radius 2 is 2.42 bits per heavy atom. The third kappa shape index (κ3) is 2.87. The zero-order chi connectivity index (χ0) is 8.97. The van der Waals surface area contributed by atoms with Crippen LogP contribution in [0.3, 0.4) is 0 Å². The zero-order valence-corrected chi connectivity index (χ0v) is 6.84. The molecule has 0 radical (unpaired) electrons. The van der Waals surface area contributed by atoms with E-state index in [0.717, 1.165) is 11.8 Å². The van der Waals surface area contributed by atoms with E-state index >= 15 is 0 Å². The summed E-state index contributed by atoms with van der Waals surface area (Å²) in [6, 6.07) is 2.69. The van der Waals surface area contributed by atoms with Gasteiger partial charge in [-0.05, 0) is 12.1 Å². The maximum atomic E-state index is 12.2. The number of hydrogen-bond acceptors (Lipinski definition) is 3. The minimum Gasteiger partial charge on any atom is -0.481 e. The first-order chi connectivity index (χ1) is 5.68. The van der Waals surface area contributed by atoms with Gasteiger partial charge >= 0.3 is 5.97 Å². The Hall–Kier alpha value is -1.10. The number of rotatable bonds is 3. The molecule has 1 rings (SSSR count). The molecule has 64 valence electrons. The van der Waals surface area contributed by atoms with E-state index in [1.807, 2.05) is 0 Å². The topological polar surface area (TPSA) is 50.2 Å². The third-order valence-corrected chi connectivity index (χ3v) is 2.03. The number of halogens is 1.